The van der Waals surface area contributed by atoms with Gasteiger partial charge in [-0.2, -0.15) is 13.0 Å². The van der Waals surface area contributed by atoms with E-state index < -0.39 is 36.8 Å². The molecule has 0 bridgehead atoms. The Labute approximate surface area is 300 Å². The van der Waals surface area contributed by atoms with Crippen LogP contribution in [0.4, 0.5) is 17.1 Å². The van der Waals surface area contributed by atoms with Crippen LogP contribution in [-0.2, 0) is 35.9 Å². The summed E-state index contributed by atoms with van der Waals surface area (Å²) in [6.45, 7) is 8.20. The number of nitrogens with one attached hydrogen (secondary N) is 1. The first-order valence-electron chi connectivity index (χ1n) is 13.2. The van der Waals surface area contributed by atoms with Gasteiger partial charge in [0.2, 0.25) is 11.6 Å². The minimum Gasteiger partial charge on any atom is -0.748 e. The molecule has 1 amide bonds. The number of anilines is 2. The summed E-state index contributed by atoms with van der Waals surface area (Å²) in [6.07, 6.45) is 5.84. The van der Waals surface area contributed by atoms with Gasteiger partial charge in [-0.3, -0.25) is 9.35 Å². The van der Waals surface area contributed by atoms with E-state index in [2.05, 4.69) is 23.7 Å². The Kier molecular flexibility index (Phi) is 11.0. The molecule has 14 heteroatoms. The molecule has 43 heavy (non-hydrogen) atoms. The monoisotopic (exact) mass is 674 g/mol. The smallest absolute Gasteiger partial charge is 0.294 e. The summed E-state index contributed by atoms with van der Waals surface area (Å²) < 4.78 is 69.3. The van der Waals surface area contributed by atoms with Crippen molar-refractivity contribution in [3.05, 3.63) is 71.5 Å². The van der Waals surface area contributed by atoms with E-state index in [0.717, 1.165) is 22.7 Å². The molecule has 0 saturated carbocycles. The predicted molar refractivity (Wildman–Crippen MR) is 168 cm³/mol. The first kappa shape index (κ1) is 36.1. The number of amides is 1. The largest absolute Gasteiger partial charge is 0.748 e. The van der Waals surface area contributed by atoms with Crippen LogP contribution in [0, 0.1) is 0 Å². The van der Waals surface area contributed by atoms with Crippen molar-refractivity contribution in [2.45, 2.75) is 49.8 Å². The maximum Gasteiger partial charge on any atom is 0.294 e. The van der Waals surface area contributed by atoms with E-state index in [0.29, 0.717) is 16.9 Å². The SMILES string of the molecule is C[N+]1=C(C=CC=C2N(CCCS(=O)(=O)[O-])c3ccc(S(=O)(=O)O)cc3C2(C)C)C(C)(C)c2cc(NC(=O)CCl)ccc21.[K]. The summed E-state index contributed by atoms with van der Waals surface area (Å²) in [7, 11) is -6.90. The fourth-order valence-corrected chi connectivity index (χ4v) is 6.85. The second-order valence-electron chi connectivity index (χ2n) is 11.4. The Morgan fingerprint density at radius 3 is 2.35 bits per heavy atom. The van der Waals surface area contributed by atoms with Crippen molar-refractivity contribution >= 4 is 112 Å². The van der Waals surface area contributed by atoms with Crippen LogP contribution in [0.5, 0.6) is 0 Å². The zero-order chi connectivity index (χ0) is 31.3. The number of fused-ring (bicyclic) bond motifs is 2. The average molecular weight is 675 g/mol. The van der Waals surface area contributed by atoms with Crippen molar-refractivity contribution in [3.8, 4) is 0 Å². The molecule has 0 aromatic heterocycles. The Bertz CT molecular complexity index is 1770. The van der Waals surface area contributed by atoms with Crippen LogP contribution < -0.4 is 10.2 Å². The van der Waals surface area contributed by atoms with E-state index >= 15 is 0 Å². The van der Waals surface area contributed by atoms with Gasteiger partial charge in [0.15, 0.2) is 5.71 Å². The Morgan fingerprint density at radius 1 is 1.07 bits per heavy atom. The van der Waals surface area contributed by atoms with Crippen molar-refractivity contribution in [1.82, 2.24) is 0 Å². The Morgan fingerprint density at radius 2 is 1.74 bits per heavy atom. The van der Waals surface area contributed by atoms with Crippen molar-refractivity contribution in [3.63, 3.8) is 0 Å². The van der Waals surface area contributed by atoms with Crippen LogP contribution in [0.1, 0.15) is 45.2 Å². The Hall–Kier alpha value is -1.39. The molecule has 0 aliphatic carbocycles. The zero-order valence-corrected chi connectivity index (χ0v) is 30.5. The maximum atomic E-state index is 11.9. The minimum absolute atomic E-state index is 0. The van der Waals surface area contributed by atoms with E-state index in [1.165, 1.54) is 12.1 Å². The van der Waals surface area contributed by atoms with Crippen LogP contribution >= 0.6 is 11.6 Å². The van der Waals surface area contributed by atoms with Gasteiger partial charge >= 0.3 is 0 Å². The molecule has 0 spiro atoms. The van der Waals surface area contributed by atoms with Gasteiger partial charge in [-0.05, 0) is 62.2 Å². The van der Waals surface area contributed by atoms with Crippen LogP contribution in [-0.4, -0.2) is 119 Å². The summed E-state index contributed by atoms with van der Waals surface area (Å²) in [6, 6.07) is 10.00. The normalized spacial score (nSPS) is 18.1. The second-order valence-corrected chi connectivity index (χ2v) is 14.7. The summed E-state index contributed by atoms with van der Waals surface area (Å²) in [5.41, 5.74) is 4.61. The molecule has 0 saturated heterocycles. The van der Waals surface area contributed by atoms with Gasteiger partial charge in [0.05, 0.1) is 20.4 Å². The number of carbonyl (C=O) groups is 1. The number of benzene rings is 2. The molecule has 2 aliphatic heterocycles. The third kappa shape index (κ3) is 7.54. The zero-order valence-electron chi connectivity index (χ0n) is 25.0. The fourth-order valence-electron chi connectivity index (χ4n) is 5.79. The summed E-state index contributed by atoms with van der Waals surface area (Å²) in [5, 5.41) is 2.79. The van der Waals surface area contributed by atoms with Crippen LogP contribution in [0.2, 0.25) is 0 Å². The van der Waals surface area contributed by atoms with Crippen LogP contribution in [0.15, 0.2) is 65.2 Å². The molecule has 10 nitrogen and oxygen atoms in total. The number of carbonyl (C=O) groups excluding carboxylic acids is 1. The topological polar surface area (TPSA) is 147 Å². The van der Waals surface area contributed by atoms with Gasteiger partial charge in [-0.25, -0.2) is 8.42 Å². The predicted octanol–water partition coefficient (Wildman–Crippen LogP) is 3.91. The number of rotatable bonds is 9. The van der Waals surface area contributed by atoms with Gasteiger partial charge in [-0.15, -0.1) is 11.6 Å². The molecule has 0 unspecified atom stereocenters. The van der Waals surface area contributed by atoms with Gasteiger partial charge in [-0.1, -0.05) is 19.9 Å². The molecule has 2 N–H and O–H groups in total. The molecule has 227 valence electrons. The number of hydrogen-bond acceptors (Lipinski definition) is 7. The Balaban J connectivity index is 0.00000506. The average Bonchev–Trinajstić information content (AvgIpc) is 3.21. The molecular weight excluding hydrogens is 641 g/mol. The minimum atomic E-state index is -4.44. The molecule has 0 fully saturated rings. The van der Waals surface area contributed by atoms with Crippen LogP contribution in [0.25, 0.3) is 0 Å². The van der Waals surface area contributed by atoms with Crippen molar-refractivity contribution in [2.24, 2.45) is 0 Å². The first-order chi connectivity index (χ1) is 19.4. The molecular formula is C29H34ClKN3O7S2. The number of alkyl halides is 1. The molecule has 1 radical (unpaired) electrons. The van der Waals surface area contributed by atoms with E-state index in [9.17, 15) is 30.7 Å². The van der Waals surface area contributed by atoms with Gasteiger partial charge in [0.25, 0.3) is 10.1 Å². The second kappa shape index (κ2) is 13.1. The number of hydrogen-bond donors (Lipinski definition) is 2. The molecule has 2 heterocycles. The number of allylic oxidation sites excluding steroid dienone is 4. The molecule has 0 atom stereocenters. The third-order valence-corrected chi connectivity index (χ3v) is 9.76. The maximum absolute atomic E-state index is 11.9. The number of nitrogens with zero attached hydrogens (tertiary/aromatic N) is 2. The third-order valence-electron chi connectivity index (χ3n) is 7.88. The molecule has 2 aromatic carbocycles. The summed E-state index contributed by atoms with van der Waals surface area (Å²) in [5.74, 6) is -0.970. The van der Waals surface area contributed by atoms with E-state index in [1.54, 1.807) is 6.07 Å². The van der Waals surface area contributed by atoms with Crippen molar-refractivity contribution in [1.29, 1.82) is 0 Å². The van der Waals surface area contributed by atoms with Crippen LogP contribution in [0.3, 0.4) is 0 Å². The first-order valence-corrected chi connectivity index (χ1v) is 16.8. The molecule has 2 aliphatic rings. The van der Waals surface area contributed by atoms with Crippen molar-refractivity contribution < 1.29 is 35.3 Å². The van der Waals surface area contributed by atoms with Gasteiger partial charge in [0, 0.05) is 104 Å². The molecule has 4 rings (SSSR count). The fraction of sp³-hybridized carbons (Fsp3) is 0.379. The van der Waals surface area contributed by atoms with Crippen molar-refractivity contribution in [2.75, 3.05) is 35.4 Å². The van der Waals surface area contributed by atoms with E-state index in [-0.39, 0.29) is 81.0 Å². The quantitative estimate of drug-likeness (QED) is 0.176. The summed E-state index contributed by atoms with van der Waals surface area (Å²) >= 11 is 5.65. The van der Waals surface area contributed by atoms with Gasteiger partial charge in [0.1, 0.15) is 12.9 Å². The molecule has 2 aromatic rings. The summed E-state index contributed by atoms with van der Waals surface area (Å²) in [4.78, 5) is 13.5. The standard InChI is InChI=1S/C29H34ClN3O7S2.K/c1-28(2)21-16-19(31-27(34)18-30)10-12-23(21)32(5)25(28)8-6-9-26-29(3,4)22-17-20(42(38,39)40)11-13-24(22)33(26)14-7-15-41(35,36)37;/h6,8-13,16-17H,7,14-15,18H2,1-5H3,(H2-,31,34,35,36,37,38,39,40);. The van der Waals surface area contributed by atoms with Gasteiger partial charge < -0.3 is 14.8 Å². The number of halogens is 1. The van der Waals surface area contributed by atoms with E-state index in [1.807, 2.05) is 62.2 Å². The van der Waals surface area contributed by atoms with E-state index in [4.69, 9.17) is 11.6 Å².